The number of anilines is 1. The average molecular weight is 233 g/mol. The van der Waals surface area contributed by atoms with Gasteiger partial charge in [0.15, 0.2) is 0 Å². The van der Waals surface area contributed by atoms with Crippen molar-refractivity contribution < 1.29 is 0 Å². The van der Waals surface area contributed by atoms with Gasteiger partial charge < -0.3 is 10.2 Å². The monoisotopic (exact) mass is 233 g/mol. The normalized spacial score (nSPS) is 20.2. The van der Waals surface area contributed by atoms with Crippen LogP contribution < -0.4 is 10.2 Å². The van der Waals surface area contributed by atoms with E-state index in [-0.39, 0.29) is 0 Å². The SMILES string of the molecule is CC(C)NCc1cccc(N2CCCC2C)n1. The van der Waals surface area contributed by atoms with Crippen molar-refractivity contribution >= 4 is 5.82 Å². The zero-order chi connectivity index (χ0) is 12.3. The lowest BCUT2D eigenvalue weighted by Gasteiger charge is -2.23. The molecule has 1 atom stereocenters. The molecule has 1 saturated heterocycles. The Balaban J connectivity index is 2.05. The van der Waals surface area contributed by atoms with E-state index in [9.17, 15) is 0 Å². The largest absolute Gasteiger partial charge is 0.354 e. The first-order chi connectivity index (χ1) is 8.16. The van der Waals surface area contributed by atoms with Crippen LogP contribution in [0.25, 0.3) is 0 Å². The molecule has 0 saturated carbocycles. The molecule has 0 amide bonds. The molecular weight excluding hydrogens is 210 g/mol. The summed E-state index contributed by atoms with van der Waals surface area (Å²) in [4.78, 5) is 7.16. The molecule has 1 aromatic heterocycles. The molecule has 3 nitrogen and oxygen atoms in total. The maximum absolute atomic E-state index is 4.74. The maximum Gasteiger partial charge on any atom is 0.129 e. The molecule has 2 rings (SSSR count). The van der Waals surface area contributed by atoms with E-state index in [1.165, 1.54) is 12.8 Å². The fourth-order valence-electron chi connectivity index (χ4n) is 2.31. The number of hydrogen-bond donors (Lipinski definition) is 1. The third kappa shape index (κ3) is 3.19. The second kappa shape index (κ2) is 5.50. The van der Waals surface area contributed by atoms with Crippen molar-refractivity contribution in [2.45, 2.75) is 52.2 Å². The number of pyridine rings is 1. The summed E-state index contributed by atoms with van der Waals surface area (Å²) in [6, 6.07) is 7.48. The van der Waals surface area contributed by atoms with E-state index in [2.05, 4.69) is 49.2 Å². The summed E-state index contributed by atoms with van der Waals surface area (Å²) in [7, 11) is 0. The summed E-state index contributed by atoms with van der Waals surface area (Å²) >= 11 is 0. The third-order valence-corrected chi connectivity index (χ3v) is 3.33. The van der Waals surface area contributed by atoms with Crippen molar-refractivity contribution in [1.29, 1.82) is 0 Å². The van der Waals surface area contributed by atoms with E-state index in [1.807, 2.05) is 0 Å². The molecule has 2 heterocycles. The predicted octanol–water partition coefficient (Wildman–Crippen LogP) is 2.57. The van der Waals surface area contributed by atoms with Crippen LogP contribution in [0.15, 0.2) is 18.2 Å². The topological polar surface area (TPSA) is 28.2 Å². The Hall–Kier alpha value is -1.09. The Morgan fingerprint density at radius 2 is 2.29 bits per heavy atom. The summed E-state index contributed by atoms with van der Waals surface area (Å²) in [6.07, 6.45) is 2.58. The van der Waals surface area contributed by atoms with Crippen LogP contribution in [0.5, 0.6) is 0 Å². The number of hydrogen-bond acceptors (Lipinski definition) is 3. The van der Waals surface area contributed by atoms with Crippen molar-refractivity contribution in [2.24, 2.45) is 0 Å². The molecule has 3 heteroatoms. The van der Waals surface area contributed by atoms with Crippen LogP contribution >= 0.6 is 0 Å². The molecule has 0 radical (unpaired) electrons. The van der Waals surface area contributed by atoms with Gasteiger partial charge in [0.1, 0.15) is 5.82 Å². The minimum Gasteiger partial charge on any atom is -0.354 e. The Labute approximate surface area is 104 Å². The highest BCUT2D eigenvalue weighted by atomic mass is 15.2. The molecule has 1 aliphatic heterocycles. The molecule has 1 aromatic rings. The standard InChI is InChI=1S/C14H23N3/c1-11(2)15-10-13-7-4-8-14(16-13)17-9-5-6-12(17)3/h4,7-8,11-12,15H,5-6,9-10H2,1-3H3. The summed E-state index contributed by atoms with van der Waals surface area (Å²) in [5, 5.41) is 3.41. The van der Waals surface area contributed by atoms with Gasteiger partial charge in [-0.15, -0.1) is 0 Å². The fourth-order valence-corrected chi connectivity index (χ4v) is 2.31. The van der Waals surface area contributed by atoms with E-state index in [4.69, 9.17) is 4.98 Å². The minimum atomic E-state index is 0.506. The maximum atomic E-state index is 4.74. The van der Waals surface area contributed by atoms with Crippen LogP contribution in [0.4, 0.5) is 5.82 Å². The molecule has 1 aliphatic rings. The van der Waals surface area contributed by atoms with E-state index < -0.39 is 0 Å². The van der Waals surface area contributed by atoms with Gasteiger partial charge in [-0.25, -0.2) is 4.98 Å². The minimum absolute atomic E-state index is 0.506. The third-order valence-electron chi connectivity index (χ3n) is 3.33. The second-order valence-corrected chi connectivity index (χ2v) is 5.21. The van der Waals surface area contributed by atoms with Gasteiger partial charge in [0.2, 0.25) is 0 Å². The van der Waals surface area contributed by atoms with Crippen molar-refractivity contribution in [2.75, 3.05) is 11.4 Å². The highest BCUT2D eigenvalue weighted by Gasteiger charge is 2.21. The second-order valence-electron chi connectivity index (χ2n) is 5.21. The van der Waals surface area contributed by atoms with Crippen LogP contribution in [0, 0.1) is 0 Å². The summed E-state index contributed by atoms with van der Waals surface area (Å²) in [6.45, 7) is 8.61. The number of nitrogens with one attached hydrogen (secondary N) is 1. The van der Waals surface area contributed by atoms with Gasteiger partial charge >= 0.3 is 0 Å². The molecule has 0 bridgehead atoms. The van der Waals surface area contributed by atoms with Crippen LogP contribution in [0.3, 0.4) is 0 Å². The fraction of sp³-hybridized carbons (Fsp3) is 0.643. The predicted molar refractivity (Wildman–Crippen MR) is 72.3 cm³/mol. The number of nitrogens with zero attached hydrogens (tertiary/aromatic N) is 2. The van der Waals surface area contributed by atoms with Crippen LogP contribution in [0.2, 0.25) is 0 Å². The lowest BCUT2D eigenvalue weighted by Crippen LogP contribution is -2.28. The van der Waals surface area contributed by atoms with Crippen LogP contribution in [0.1, 0.15) is 39.3 Å². The van der Waals surface area contributed by atoms with Crippen molar-refractivity contribution in [1.82, 2.24) is 10.3 Å². The number of rotatable bonds is 4. The van der Waals surface area contributed by atoms with Gasteiger partial charge in [-0.2, -0.15) is 0 Å². The quantitative estimate of drug-likeness (QED) is 0.866. The zero-order valence-electron chi connectivity index (χ0n) is 11.1. The van der Waals surface area contributed by atoms with Gasteiger partial charge in [0.05, 0.1) is 5.69 Å². The molecule has 17 heavy (non-hydrogen) atoms. The van der Waals surface area contributed by atoms with Gasteiger partial charge in [0.25, 0.3) is 0 Å². The molecule has 1 fully saturated rings. The Bertz CT molecular complexity index is 362. The van der Waals surface area contributed by atoms with Crippen molar-refractivity contribution in [3.63, 3.8) is 0 Å². The van der Waals surface area contributed by atoms with Gasteiger partial charge in [-0.1, -0.05) is 19.9 Å². The highest BCUT2D eigenvalue weighted by Crippen LogP contribution is 2.23. The smallest absolute Gasteiger partial charge is 0.129 e. The molecule has 1 unspecified atom stereocenters. The Kier molecular flexibility index (Phi) is 4.00. The van der Waals surface area contributed by atoms with Crippen molar-refractivity contribution in [3.05, 3.63) is 23.9 Å². The van der Waals surface area contributed by atoms with Gasteiger partial charge in [0, 0.05) is 25.2 Å². The zero-order valence-corrected chi connectivity index (χ0v) is 11.1. The van der Waals surface area contributed by atoms with Crippen LogP contribution in [-0.4, -0.2) is 23.6 Å². The first kappa shape index (κ1) is 12.4. The Morgan fingerprint density at radius 3 is 2.94 bits per heavy atom. The van der Waals surface area contributed by atoms with E-state index in [1.54, 1.807) is 0 Å². The summed E-state index contributed by atoms with van der Waals surface area (Å²) < 4.78 is 0. The molecule has 1 N–H and O–H groups in total. The lowest BCUT2D eigenvalue weighted by atomic mass is 10.2. The summed E-state index contributed by atoms with van der Waals surface area (Å²) in [5.74, 6) is 1.14. The van der Waals surface area contributed by atoms with Crippen LogP contribution in [-0.2, 0) is 6.54 Å². The first-order valence-electron chi connectivity index (χ1n) is 6.63. The van der Waals surface area contributed by atoms with Gasteiger partial charge in [-0.3, -0.25) is 0 Å². The average Bonchev–Trinajstić information content (AvgIpc) is 2.73. The molecule has 94 valence electrons. The molecule has 0 spiro atoms. The summed E-state index contributed by atoms with van der Waals surface area (Å²) in [5.41, 5.74) is 1.13. The van der Waals surface area contributed by atoms with E-state index >= 15 is 0 Å². The van der Waals surface area contributed by atoms with E-state index in [0.717, 1.165) is 24.6 Å². The molecule has 0 aliphatic carbocycles. The number of aromatic nitrogens is 1. The van der Waals surface area contributed by atoms with Gasteiger partial charge in [-0.05, 0) is 31.9 Å². The lowest BCUT2D eigenvalue weighted by molar-refractivity contribution is 0.580. The van der Waals surface area contributed by atoms with E-state index in [0.29, 0.717) is 12.1 Å². The Morgan fingerprint density at radius 1 is 1.47 bits per heavy atom. The molecular formula is C14H23N3. The van der Waals surface area contributed by atoms with Crippen molar-refractivity contribution in [3.8, 4) is 0 Å². The molecule has 0 aromatic carbocycles. The highest BCUT2D eigenvalue weighted by molar-refractivity contribution is 5.41. The first-order valence-corrected chi connectivity index (χ1v) is 6.63.